The van der Waals surface area contributed by atoms with Crippen LogP contribution in [0.5, 0.6) is 17.6 Å². The molecular weight excluding hydrogens is 1330 g/mol. The number of carbonyl (C=O) groups excluding carboxylic acids is 3. The molecule has 0 aliphatic carbocycles. The van der Waals surface area contributed by atoms with Crippen LogP contribution in [0.25, 0.3) is 34.2 Å². The number of hydrogen-bond donors (Lipinski definition) is 0. The topological polar surface area (TPSA) is 218 Å². The Bertz CT molecular complexity index is 4300. The van der Waals surface area contributed by atoms with Crippen molar-refractivity contribution >= 4 is 17.7 Å². The number of nitrogens with zero attached hydrogens (tertiary/aromatic N) is 13. The lowest BCUT2D eigenvalue weighted by Crippen LogP contribution is -2.51. The molecule has 522 valence electrons. The Balaban J connectivity index is 0.000000162. The third kappa shape index (κ3) is 17.4. The number of aryl methyl sites for hydroxylation is 1. The number of likely N-dealkylation sites (tertiary alicyclic amines) is 3. The van der Waals surface area contributed by atoms with Crippen molar-refractivity contribution in [2.24, 2.45) is 0 Å². The van der Waals surface area contributed by atoms with Crippen LogP contribution in [0.1, 0.15) is 113 Å². The summed E-state index contributed by atoms with van der Waals surface area (Å²) in [5.41, 5.74) is -0.589. The number of carbonyl (C=O) groups is 3. The molecule has 3 fully saturated rings. The quantitative estimate of drug-likeness (QED) is 0.104. The van der Waals surface area contributed by atoms with Gasteiger partial charge in [-0.2, -0.15) is 39.5 Å². The molecule has 3 aliphatic heterocycles. The van der Waals surface area contributed by atoms with Crippen LogP contribution in [-0.2, 0) is 18.5 Å². The summed E-state index contributed by atoms with van der Waals surface area (Å²) in [5.74, 6) is -2.97. The van der Waals surface area contributed by atoms with Gasteiger partial charge in [0.15, 0.2) is 23.3 Å². The fourth-order valence-electron chi connectivity index (χ4n) is 11.4. The number of alkyl halides is 9. The van der Waals surface area contributed by atoms with Crippen LogP contribution in [0.3, 0.4) is 0 Å². The molecular formula is C69H61F12N13O6. The number of benzene rings is 2. The van der Waals surface area contributed by atoms with Crippen LogP contribution in [0, 0.1) is 24.4 Å². The number of piperidine rings is 3. The Morgan fingerprint density at radius 3 is 1.30 bits per heavy atom. The SMILES string of the molecule is C[C@H]1[C@H](Oc2ccc(C(F)(F)F)cn2)CCCN1C(=O)c1cc(F)ccc1-c1ncccn1.C[C@H]1[C@H](Oc2ccc(C(F)(F)F)cn2)CCCN1C(=O)c1ccc(F)cc1-c1ncccn1.Cc1ccc(-c2ncccn2)c(C(=O)N2CCC[C@@H](Oc3ncc(C(F)(F)F)cc3F)[C@@H]2C)n1. The number of ether oxygens (including phenoxy) is 3. The molecule has 0 radical (unpaired) electrons. The second kappa shape index (κ2) is 31.0. The predicted molar refractivity (Wildman–Crippen MR) is 335 cm³/mol. The Labute approximate surface area is 563 Å². The van der Waals surface area contributed by atoms with Crippen LogP contribution in [-0.4, -0.2) is 138 Å². The van der Waals surface area contributed by atoms with Gasteiger partial charge in [-0.1, -0.05) is 0 Å². The van der Waals surface area contributed by atoms with Crippen molar-refractivity contribution in [3.05, 3.63) is 209 Å². The van der Waals surface area contributed by atoms with Crippen molar-refractivity contribution in [1.29, 1.82) is 0 Å². The predicted octanol–water partition coefficient (Wildman–Crippen LogP) is 14.0. The average Bonchev–Trinajstić information content (AvgIpc) is 0.807. The van der Waals surface area contributed by atoms with E-state index in [-0.39, 0.29) is 51.8 Å². The highest BCUT2D eigenvalue weighted by Gasteiger charge is 2.40. The fourth-order valence-corrected chi connectivity index (χ4v) is 11.4. The number of hydrogen-bond acceptors (Lipinski definition) is 16. The maximum Gasteiger partial charge on any atom is 0.417 e. The van der Waals surface area contributed by atoms with Gasteiger partial charge in [-0.05, 0) is 151 Å². The van der Waals surface area contributed by atoms with E-state index in [0.29, 0.717) is 105 Å². The van der Waals surface area contributed by atoms with Crippen LogP contribution >= 0.6 is 0 Å². The van der Waals surface area contributed by atoms with Gasteiger partial charge in [-0.3, -0.25) is 14.4 Å². The third-order valence-electron chi connectivity index (χ3n) is 16.7. The molecule has 10 heterocycles. The first kappa shape index (κ1) is 72.0. The van der Waals surface area contributed by atoms with E-state index in [2.05, 4.69) is 49.8 Å². The zero-order valence-corrected chi connectivity index (χ0v) is 53.6. The summed E-state index contributed by atoms with van der Waals surface area (Å²) >= 11 is 0. The highest BCUT2D eigenvalue weighted by Crippen LogP contribution is 2.36. The van der Waals surface area contributed by atoms with Crippen molar-refractivity contribution < 1.29 is 81.3 Å². The first-order chi connectivity index (χ1) is 47.6. The summed E-state index contributed by atoms with van der Waals surface area (Å²) in [6.45, 7) is 8.36. The molecule has 9 aromatic rings. The Morgan fingerprint density at radius 2 is 0.840 bits per heavy atom. The minimum Gasteiger partial charge on any atom is -0.472 e. The van der Waals surface area contributed by atoms with E-state index in [9.17, 15) is 67.1 Å². The van der Waals surface area contributed by atoms with E-state index < -0.39 is 101 Å². The van der Waals surface area contributed by atoms with Gasteiger partial charge in [-0.15, -0.1) is 0 Å². The first-order valence-corrected chi connectivity index (χ1v) is 31.2. The van der Waals surface area contributed by atoms with Crippen LogP contribution < -0.4 is 14.2 Å². The third-order valence-corrected chi connectivity index (χ3v) is 16.7. The van der Waals surface area contributed by atoms with Crippen LogP contribution in [0.15, 0.2) is 153 Å². The Morgan fingerprint density at radius 1 is 0.430 bits per heavy atom. The second-order valence-corrected chi connectivity index (χ2v) is 23.3. The van der Waals surface area contributed by atoms with E-state index in [1.807, 2.05) is 0 Å². The van der Waals surface area contributed by atoms with E-state index in [4.69, 9.17) is 14.2 Å². The molecule has 6 atom stereocenters. The van der Waals surface area contributed by atoms with Gasteiger partial charge in [-0.25, -0.2) is 63.0 Å². The smallest absolute Gasteiger partial charge is 0.417 e. The monoisotopic (exact) mass is 1400 g/mol. The molecule has 3 saturated heterocycles. The molecule has 3 amide bonds. The number of amides is 3. The van der Waals surface area contributed by atoms with Crippen molar-refractivity contribution in [1.82, 2.24) is 64.5 Å². The zero-order valence-electron chi connectivity index (χ0n) is 53.6. The largest absolute Gasteiger partial charge is 0.472 e. The lowest BCUT2D eigenvalue weighted by molar-refractivity contribution is -0.138. The molecule has 100 heavy (non-hydrogen) atoms. The molecule has 3 aliphatic rings. The van der Waals surface area contributed by atoms with E-state index in [1.54, 1.807) is 85.1 Å². The minimum absolute atomic E-state index is 0.0401. The first-order valence-electron chi connectivity index (χ1n) is 31.2. The lowest BCUT2D eigenvalue weighted by Gasteiger charge is -2.39. The average molecular weight is 1400 g/mol. The minimum atomic E-state index is -4.71. The van der Waals surface area contributed by atoms with E-state index >= 15 is 0 Å². The summed E-state index contributed by atoms with van der Waals surface area (Å²) < 4.78 is 175. The van der Waals surface area contributed by atoms with Gasteiger partial charge in [0.2, 0.25) is 11.8 Å². The summed E-state index contributed by atoms with van der Waals surface area (Å²) in [5, 5.41) is 0. The molecule has 7 aromatic heterocycles. The highest BCUT2D eigenvalue weighted by molar-refractivity contribution is 6.01. The van der Waals surface area contributed by atoms with Gasteiger partial charge in [0, 0.05) is 104 Å². The highest BCUT2D eigenvalue weighted by atomic mass is 19.4. The maximum absolute atomic E-state index is 14.3. The van der Waals surface area contributed by atoms with Crippen LogP contribution in [0.2, 0.25) is 0 Å². The molecule has 0 saturated carbocycles. The lowest BCUT2D eigenvalue weighted by atomic mass is 9.97. The van der Waals surface area contributed by atoms with Crippen LogP contribution in [0.4, 0.5) is 52.7 Å². The molecule has 19 nitrogen and oxygen atoms in total. The van der Waals surface area contributed by atoms with Gasteiger partial charge in [0.05, 0.1) is 51.5 Å². The molecule has 2 aromatic carbocycles. The summed E-state index contributed by atoms with van der Waals surface area (Å²) in [6, 6.07) is 19.2. The normalized spacial score (nSPS) is 18.7. The summed E-state index contributed by atoms with van der Waals surface area (Å²) in [4.78, 5) is 85.6. The van der Waals surface area contributed by atoms with Gasteiger partial charge in [0.1, 0.15) is 35.6 Å². The molecule has 31 heteroatoms. The number of rotatable bonds is 12. The van der Waals surface area contributed by atoms with Crippen molar-refractivity contribution in [3.8, 4) is 51.8 Å². The van der Waals surface area contributed by atoms with Gasteiger partial charge >= 0.3 is 18.5 Å². The summed E-state index contributed by atoms with van der Waals surface area (Å²) in [7, 11) is 0. The molecule has 0 bridgehead atoms. The molecule has 0 spiro atoms. The molecule has 0 N–H and O–H groups in total. The van der Waals surface area contributed by atoms with Crippen molar-refractivity contribution in [2.75, 3.05) is 19.6 Å². The van der Waals surface area contributed by atoms with E-state index in [0.717, 1.165) is 30.5 Å². The van der Waals surface area contributed by atoms with Gasteiger partial charge < -0.3 is 28.9 Å². The van der Waals surface area contributed by atoms with Gasteiger partial charge in [0.25, 0.3) is 23.6 Å². The fraction of sp³-hybridized carbons (Fsp3) is 0.319. The molecule has 0 unspecified atom stereocenters. The Hall–Kier alpha value is -10.8. The second-order valence-electron chi connectivity index (χ2n) is 23.3. The van der Waals surface area contributed by atoms with E-state index in [1.165, 1.54) is 61.2 Å². The standard InChI is InChI=1S/C23H21F4N5O2.2C23H20F4N4O2/c1-13-6-7-16(20-28-8-4-9-29-20)19(31-13)22(33)32-10-3-5-18(14(32)2)34-21-17(24)11-15(12-30-21)23(25,26)27;1-14-19(33-20-8-5-15(13-30-20)23(25,26)27)4-2-11-31(14)22(32)17-7-6-16(24)12-18(17)21-28-9-3-10-29-21;1-14-19(33-20-8-5-15(13-30-20)23(25,26)27)4-2-11-31(14)22(32)18-12-16(24)6-7-17(18)21-28-9-3-10-29-21/h4,6-9,11-12,14,18H,3,5,10H2,1-2H3;2*3,5-10,12-14,19H,2,4,11H2,1H3/t14-,18+;2*14-,19+/m000/s1. The molecule has 12 rings (SSSR count). The number of aromatic nitrogens is 10. The number of pyridine rings is 4. The zero-order chi connectivity index (χ0) is 71.6. The van der Waals surface area contributed by atoms with Crippen molar-refractivity contribution in [3.63, 3.8) is 0 Å². The maximum atomic E-state index is 14.3. The Kier molecular flexibility index (Phi) is 22.3. The van der Waals surface area contributed by atoms with Crippen molar-refractivity contribution in [2.45, 2.75) is 121 Å². The number of halogens is 12. The summed E-state index contributed by atoms with van der Waals surface area (Å²) in [6.07, 6.45) is -0.705.